The molecule has 0 aromatic carbocycles. The molecule has 0 radical (unpaired) electrons. The van der Waals surface area contributed by atoms with E-state index in [2.05, 4.69) is 0 Å². The van der Waals surface area contributed by atoms with Crippen LogP contribution in [0.1, 0.15) is 35.0 Å². The zero-order chi connectivity index (χ0) is 5.82. The third-order valence-corrected chi connectivity index (χ3v) is 1.84. The van der Waals surface area contributed by atoms with Gasteiger partial charge in [-0.3, -0.25) is 0 Å². The number of carbonyl (C=O) groups excluding carboxylic acids is 1. The normalized spacial score (nSPS) is 20.4. The molecule has 0 atom stereocenters. The van der Waals surface area contributed by atoms with Gasteiger partial charge in [0.05, 0.1) is 0 Å². The third kappa shape index (κ3) is 3.21. The van der Waals surface area contributed by atoms with Gasteiger partial charge in [0.1, 0.15) is 6.29 Å². The second kappa shape index (κ2) is 5.24. The molecule has 2 heteroatoms. The first-order chi connectivity index (χ1) is 3.93. The molecule has 1 nitrogen and oxygen atoms in total. The van der Waals surface area contributed by atoms with Crippen molar-refractivity contribution in [1.82, 2.24) is 0 Å². The van der Waals surface area contributed by atoms with Crippen LogP contribution in [0, 0.1) is 5.92 Å². The monoisotopic (exact) mass is 138 g/mol. The van der Waals surface area contributed by atoms with Crippen LogP contribution in [-0.2, 0) is 4.79 Å². The van der Waals surface area contributed by atoms with Crippen molar-refractivity contribution in [2.24, 2.45) is 5.92 Å². The van der Waals surface area contributed by atoms with Gasteiger partial charge in [0.2, 0.25) is 0 Å². The van der Waals surface area contributed by atoms with Gasteiger partial charge < -0.3 is 7.65 Å². The zero-order valence-corrected chi connectivity index (χ0v) is 7.22. The Bertz CT molecular complexity index is 84.5. The third-order valence-electron chi connectivity index (χ3n) is 1.84. The van der Waals surface area contributed by atoms with E-state index < -0.39 is 0 Å². The Hall–Kier alpha value is 0.436. The molecule has 0 N–H and O–H groups in total. The first kappa shape index (κ1) is 9.44. The fourth-order valence-corrected chi connectivity index (χ4v) is 1.27. The van der Waals surface area contributed by atoms with Crippen LogP contribution in [0.3, 0.4) is 0 Å². The first-order valence-corrected chi connectivity index (χ1v) is 3.39. The Morgan fingerprint density at radius 1 is 1.22 bits per heavy atom. The summed E-state index contributed by atoms with van der Waals surface area (Å²) in [6.45, 7) is 0. The van der Waals surface area contributed by atoms with Crippen molar-refractivity contribution in [2.75, 3.05) is 0 Å². The molecule has 0 bridgehead atoms. The van der Waals surface area contributed by atoms with Crippen LogP contribution in [-0.4, -0.2) is 29.3 Å². The van der Waals surface area contributed by atoms with E-state index in [1.165, 1.54) is 19.3 Å². The van der Waals surface area contributed by atoms with Crippen molar-refractivity contribution in [3.05, 3.63) is 0 Å². The van der Waals surface area contributed by atoms with E-state index in [1.807, 2.05) is 0 Å². The van der Waals surface area contributed by atoms with Gasteiger partial charge in [-0.1, -0.05) is 19.3 Å². The minimum absolute atomic E-state index is 0. The molecule has 50 valence electrons. The number of rotatable bonds is 1. The molecule has 1 rings (SSSR count). The van der Waals surface area contributed by atoms with Crippen molar-refractivity contribution in [3.8, 4) is 0 Å². The van der Waals surface area contributed by atoms with E-state index in [0.717, 1.165) is 19.1 Å². The predicted molar refractivity (Wildman–Crippen MR) is 40.6 cm³/mol. The summed E-state index contributed by atoms with van der Waals surface area (Å²) in [6, 6.07) is 0. The Balaban J connectivity index is -0.000000213. The Morgan fingerprint density at radius 2 is 1.78 bits per heavy atom. The summed E-state index contributed by atoms with van der Waals surface area (Å²) in [7, 11) is 0. The summed E-state index contributed by atoms with van der Waals surface area (Å²) in [6.07, 6.45) is 7.27. The molecule has 0 spiro atoms. The molecule has 0 aliphatic heterocycles. The fraction of sp³-hybridized carbons (Fsp3) is 0.857. The van der Waals surface area contributed by atoms with Gasteiger partial charge in [0.15, 0.2) is 0 Å². The van der Waals surface area contributed by atoms with Gasteiger partial charge in [-0.25, -0.2) is 0 Å². The van der Waals surface area contributed by atoms with Crippen molar-refractivity contribution in [3.63, 3.8) is 0 Å². The molecule has 0 saturated heterocycles. The molecule has 0 aromatic rings. The van der Waals surface area contributed by atoms with Crippen molar-refractivity contribution in [1.29, 1.82) is 0 Å². The average molecular weight is 138 g/mol. The molecule has 1 aliphatic rings. The van der Waals surface area contributed by atoms with E-state index in [9.17, 15) is 4.79 Å². The summed E-state index contributed by atoms with van der Waals surface area (Å²) >= 11 is 0. The maximum atomic E-state index is 10.2. The molecule has 0 aromatic heterocycles. The van der Waals surface area contributed by atoms with Gasteiger partial charge >= 0.3 is 23.1 Å². The topological polar surface area (TPSA) is 17.1 Å². The smallest absolute Gasteiger partial charge is 1.00 e. The summed E-state index contributed by atoms with van der Waals surface area (Å²) in [5.41, 5.74) is 0. The van der Waals surface area contributed by atoms with Crippen LogP contribution < -0.4 is 0 Å². The van der Waals surface area contributed by atoms with Crippen molar-refractivity contribution < 1.29 is 7.65 Å². The van der Waals surface area contributed by atoms with Crippen LogP contribution >= 0.6 is 0 Å². The quantitative estimate of drug-likeness (QED) is 0.397. The van der Waals surface area contributed by atoms with Gasteiger partial charge in [0.25, 0.3) is 0 Å². The van der Waals surface area contributed by atoms with Gasteiger partial charge in [-0.2, -0.15) is 0 Å². The van der Waals surface area contributed by atoms with Gasteiger partial charge in [-0.05, 0) is 12.8 Å². The average Bonchev–Trinajstić information content (AvgIpc) is 1.90. The number of hydrogen-bond donors (Lipinski definition) is 0. The molecule has 9 heavy (non-hydrogen) atoms. The summed E-state index contributed by atoms with van der Waals surface area (Å²) in [4.78, 5) is 10.2. The summed E-state index contributed by atoms with van der Waals surface area (Å²) in [5, 5.41) is 0. The van der Waals surface area contributed by atoms with Gasteiger partial charge in [-0.15, -0.1) is 0 Å². The Morgan fingerprint density at radius 3 is 2.11 bits per heavy atom. The fourth-order valence-electron chi connectivity index (χ4n) is 1.27. The first-order valence-electron chi connectivity index (χ1n) is 3.39. The zero-order valence-electron chi connectivity index (χ0n) is 7.81. The SMILES string of the molecule is O=CC1CCCCC1.[H-].[H-].[Mg+2]. The summed E-state index contributed by atoms with van der Waals surface area (Å²) in [5.74, 6) is 0.406. The molecular weight excluding hydrogens is 124 g/mol. The van der Waals surface area contributed by atoms with Gasteiger partial charge in [0, 0.05) is 5.92 Å². The molecule has 1 aliphatic carbocycles. The van der Waals surface area contributed by atoms with Crippen LogP contribution in [0.15, 0.2) is 0 Å². The maximum Gasteiger partial charge on any atom is 2.00 e. The molecular formula is C7H14MgO. The standard InChI is InChI=1S/C7H12O.Mg.2H/c8-6-7-4-2-1-3-5-7;;;/h6-7H,1-5H2;;;/q;+2;2*-1. The van der Waals surface area contributed by atoms with Crippen LogP contribution in [0.4, 0.5) is 0 Å². The predicted octanol–water partition coefficient (Wildman–Crippen LogP) is 1.61. The molecule has 0 amide bonds. The van der Waals surface area contributed by atoms with Crippen molar-refractivity contribution in [2.45, 2.75) is 32.1 Å². The van der Waals surface area contributed by atoms with E-state index in [1.54, 1.807) is 0 Å². The largest absolute Gasteiger partial charge is 2.00 e. The second-order valence-corrected chi connectivity index (χ2v) is 2.53. The van der Waals surface area contributed by atoms with E-state index >= 15 is 0 Å². The Kier molecular flexibility index (Phi) is 5.49. The number of carbonyl (C=O) groups is 1. The van der Waals surface area contributed by atoms with Crippen LogP contribution in [0.25, 0.3) is 0 Å². The Labute approximate surface area is 75.3 Å². The second-order valence-electron chi connectivity index (χ2n) is 2.53. The van der Waals surface area contributed by atoms with E-state index in [4.69, 9.17) is 0 Å². The van der Waals surface area contributed by atoms with Crippen LogP contribution in [0.2, 0.25) is 0 Å². The molecule has 1 saturated carbocycles. The molecule has 1 fully saturated rings. The minimum atomic E-state index is 0. The van der Waals surface area contributed by atoms with E-state index in [-0.39, 0.29) is 25.9 Å². The maximum absolute atomic E-state index is 10.2. The van der Waals surface area contributed by atoms with Crippen molar-refractivity contribution >= 4 is 29.3 Å². The molecule has 0 heterocycles. The number of aldehydes is 1. The number of hydrogen-bond acceptors (Lipinski definition) is 1. The summed E-state index contributed by atoms with van der Waals surface area (Å²) < 4.78 is 0. The molecule has 0 unspecified atom stereocenters. The van der Waals surface area contributed by atoms with Crippen LogP contribution in [0.5, 0.6) is 0 Å². The van der Waals surface area contributed by atoms with E-state index in [0.29, 0.717) is 5.92 Å². The minimum Gasteiger partial charge on any atom is -1.00 e.